The Morgan fingerprint density at radius 3 is 2.68 bits per heavy atom. The first-order chi connectivity index (χ1) is 11.9. The largest absolute Gasteiger partial charge is 0.306 e. The Morgan fingerprint density at radius 2 is 2.08 bits per heavy atom. The van der Waals surface area contributed by atoms with Gasteiger partial charge in [0.2, 0.25) is 0 Å². The molecule has 1 amide bonds. The van der Waals surface area contributed by atoms with E-state index >= 15 is 0 Å². The van der Waals surface area contributed by atoms with E-state index in [4.69, 9.17) is 0 Å². The van der Waals surface area contributed by atoms with E-state index in [1.807, 2.05) is 31.2 Å². The van der Waals surface area contributed by atoms with E-state index in [0.717, 1.165) is 5.69 Å². The summed E-state index contributed by atoms with van der Waals surface area (Å²) in [6.45, 7) is 8.92. The van der Waals surface area contributed by atoms with E-state index in [1.165, 1.54) is 0 Å². The first kappa shape index (κ1) is 16.9. The van der Waals surface area contributed by atoms with Crippen LogP contribution in [-0.4, -0.2) is 30.5 Å². The van der Waals surface area contributed by atoms with E-state index in [2.05, 4.69) is 41.3 Å². The van der Waals surface area contributed by atoms with Crippen LogP contribution in [0, 0.1) is 0 Å². The Morgan fingerprint density at radius 1 is 1.28 bits per heavy atom. The van der Waals surface area contributed by atoms with Gasteiger partial charge in [-0.2, -0.15) is 14.9 Å². The van der Waals surface area contributed by atoms with Crippen LogP contribution in [0.1, 0.15) is 43.7 Å². The van der Waals surface area contributed by atoms with Crippen LogP contribution in [-0.2, 0) is 12.0 Å². The molecule has 3 heterocycles. The minimum atomic E-state index is -0.225. The first-order valence-electron chi connectivity index (χ1n) is 8.24. The average Bonchev–Trinajstić information content (AvgIpc) is 3.22. The molecule has 25 heavy (non-hydrogen) atoms. The lowest BCUT2D eigenvalue weighted by Crippen LogP contribution is -2.15. The van der Waals surface area contributed by atoms with Crippen LogP contribution in [0.2, 0.25) is 0 Å². The number of carbonyl (C=O) groups excluding carboxylic acids is 1. The zero-order valence-electron chi connectivity index (χ0n) is 14.9. The van der Waals surface area contributed by atoms with Crippen molar-refractivity contribution in [2.24, 2.45) is 0 Å². The van der Waals surface area contributed by atoms with Crippen molar-refractivity contribution >= 4 is 11.7 Å². The number of hydrogen-bond acceptors (Lipinski definition) is 4. The van der Waals surface area contributed by atoms with E-state index in [9.17, 15) is 4.79 Å². The molecule has 0 unspecified atom stereocenters. The molecule has 0 atom stereocenters. The quantitative estimate of drug-likeness (QED) is 0.793. The molecule has 3 aromatic heterocycles. The summed E-state index contributed by atoms with van der Waals surface area (Å²) in [5.41, 5.74) is 1.23. The average molecular weight is 338 g/mol. The molecule has 130 valence electrons. The molecule has 0 aliphatic carbocycles. The van der Waals surface area contributed by atoms with Crippen LogP contribution in [0.25, 0.3) is 5.82 Å². The minimum Gasteiger partial charge on any atom is -0.306 e. The van der Waals surface area contributed by atoms with Crippen molar-refractivity contribution in [2.45, 2.75) is 39.7 Å². The van der Waals surface area contributed by atoms with Crippen LogP contribution in [0.15, 0.2) is 42.9 Å². The molecule has 0 fully saturated rings. The topological polar surface area (TPSA) is 77.6 Å². The van der Waals surface area contributed by atoms with Crippen LogP contribution >= 0.6 is 0 Å². The van der Waals surface area contributed by atoms with Gasteiger partial charge in [0.25, 0.3) is 5.91 Å². The summed E-state index contributed by atoms with van der Waals surface area (Å²) in [5, 5.41) is 11.7. The molecule has 0 aliphatic rings. The molecule has 0 bridgehead atoms. The fourth-order valence-corrected chi connectivity index (χ4v) is 2.33. The third-order valence-corrected chi connectivity index (χ3v) is 3.81. The number of anilines is 1. The van der Waals surface area contributed by atoms with E-state index in [0.29, 0.717) is 23.7 Å². The highest BCUT2D eigenvalue weighted by Gasteiger charge is 2.22. The van der Waals surface area contributed by atoms with Crippen LogP contribution in [0.5, 0.6) is 0 Å². The van der Waals surface area contributed by atoms with Crippen molar-refractivity contribution in [3.8, 4) is 5.82 Å². The molecule has 1 N–H and O–H groups in total. The molecular weight excluding hydrogens is 316 g/mol. The second-order valence-corrected chi connectivity index (χ2v) is 6.80. The van der Waals surface area contributed by atoms with Gasteiger partial charge in [-0.15, -0.1) is 0 Å². The standard InChI is InChI=1S/C18H22N6O/c1-5-23-12-13(11-20-23)17(25)21-16-10-14(18(2,3)4)22-24(16)15-8-6-7-9-19-15/h6-12H,5H2,1-4H3,(H,21,25). The molecular formula is C18H22N6O. The number of aryl methyl sites for hydroxylation is 1. The van der Waals surface area contributed by atoms with Gasteiger partial charge < -0.3 is 5.32 Å². The lowest BCUT2D eigenvalue weighted by atomic mass is 9.92. The molecule has 0 aliphatic heterocycles. The van der Waals surface area contributed by atoms with E-state index in [-0.39, 0.29) is 11.3 Å². The van der Waals surface area contributed by atoms with Gasteiger partial charge in [-0.3, -0.25) is 9.48 Å². The maximum atomic E-state index is 12.6. The number of amides is 1. The summed E-state index contributed by atoms with van der Waals surface area (Å²) in [5.74, 6) is 1.01. The van der Waals surface area contributed by atoms with Crippen molar-refractivity contribution in [3.63, 3.8) is 0 Å². The lowest BCUT2D eigenvalue weighted by Gasteiger charge is -2.13. The molecule has 7 heteroatoms. The maximum Gasteiger partial charge on any atom is 0.260 e. The second-order valence-electron chi connectivity index (χ2n) is 6.80. The smallest absolute Gasteiger partial charge is 0.260 e. The number of aromatic nitrogens is 5. The van der Waals surface area contributed by atoms with Gasteiger partial charge in [0, 0.05) is 30.4 Å². The summed E-state index contributed by atoms with van der Waals surface area (Å²) in [6.07, 6.45) is 4.98. The van der Waals surface area contributed by atoms with Crippen molar-refractivity contribution in [1.82, 2.24) is 24.5 Å². The minimum absolute atomic E-state index is 0.146. The van der Waals surface area contributed by atoms with Gasteiger partial charge in [-0.1, -0.05) is 26.8 Å². The van der Waals surface area contributed by atoms with E-state index in [1.54, 1.807) is 28.0 Å². The predicted molar refractivity (Wildman–Crippen MR) is 95.9 cm³/mol. The Bertz CT molecular complexity index is 873. The number of pyridine rings is 1. The van der Waals surface area contributed by atoms with Crippen molar-refractivity contribution in [2.75, 3.05) is 5.32 Å². The SMILES string of the molecule is CCn1cc(C(=O)Nc2cc(C(C)(C)C)nn2-c2ccccn2)cn1. The van der Waals surface area contributed by atoms with Crippen LogP contribution in [0.4, 0.5) is 5.82 Å². The second kappa shape index (κ2) is 6.51. The summed E-state index contributed by atoms with van der Waals surface area (Å²) >= 11 is 0. The summed E-state index contributed by atoms with van der Waals surface area (Å²) < 4.78 is 3.37. The van der Waals surface area contributed by atoms with Gasteiger partial charge >= 0.3 is 0 Å². The normalized spacial score (nSPS) is 11.5. The Kier molecular flexibility index (Phi) is 4.39. The van der Waals surface area contributed by atoms with Gasteiger partial charge in [0.15, 0.2) is 5.82 Å². The number of nitrogens with zero attached hydrogens (tertiary/aromatic N) is 5. The molecule has 0 radical (unpaired) electrons. The number of carbonyl (C=O) groups is 1. The number of hydrogen-bond donors (Lipinski definition) is 1. The fourth-order valence-electron chi connectivity index (χ4n) is 2.33. The first-order valence-corrected chi connectivity index (χ1v) is 8.24. The highest BCUT2D eigenvalue weighted by atomic mass is 16.1. The van der Waals surface area contributed by atoms with Crippen LogP contribution in [0.3, 0.4) is 0 Å². The highest BCUT2D eigenvalue weighted by Crippen LogP contribution is 2.26. The summed E-state index contributed by atoms with van der Waals surface area (Å²) in [7, 11) is 0. The molecule has 0 aromatic carbocycles. The van der Waals surface area contributed by atoms with Crippen LogP contribution < -0.4 is 5.32 Å². The summed E-state index contributed by atoms with van der Waals surface area (Å²) in [6, 6.07) is 7.47. The van der Waals surface area contributed by atoms with E-state index < -0.39 is 0 Å². The number of nitrogens with one attached hydrogen (secondary N) is 1. The van der Waals surface area contributed by atoms with Crippen molar-refractivity contribution in [1.29, 1.82) is 0 Å². The van der Waals surface area contributed by atoms with Crippen molar-refractivity contribution in [3.05, 3.63) is 54.1 Å². The van der Waals surface area contributed by atoms with Gasteiger partial charge in [0.1, 0.15) is 5.82 Å². The maximum absolute atomic E-state index is 12.6. The summed E-state index contributed by atoms with van der Waals surface area (Å²) in [4.78, 5) is 16.9. The highest BCUT2D eigenvalue weighted by molar-refractivity contribution is 6.03. The molecule has 3 rings (SSSR count). The fraction of sp³-hybridized carbons (Fsp3) is 0.333. The van der Waals surface area contributed by atoms with Gasteiger partial charge in [-0.25, -0.2) is 4.98 Å². The monoisotopic (exact) mass is 338 g/mol. The molecule has 3 aromatic rings. The number of rotatable bonds is 4. The molecule has 7 nitrogen and oxygen atoms in total. The van der Waals surface area contributed by atoms with Gasteiger partial charge in [0.05, 0.1) is 17.5 Å². The predicted octanol–water partition coefficient (Wildman–Crippen LogP) is 3.03. The Labute approximate surface area is 146 Å². The zero-order chi connectivity index (χ0) is 18.0. The molecule has 0 saturated heterocycles. The molecule has 0 spiro atoms. The van der Waals surface area contributed by atoms with Crippen molar-refractivity contribution < 1.29 is 4.79 Å². The van der Waals surface area contributed by atoms with Gasteiger partial charge in [-0.05, 0) is 19.1 Å². The zero-order valence-corrected chi connectivity index (χ0v) is 14.9. The Balaban J connectivity index is 1.96. The Hall–Kier alpha value is -2.96. The third kappa shape index (κ3) is 3.60. The lowest BCUT2D eigenvalue weighted by molar-refractivity contribution is 0.102. The molecule has 0 saturated carbocycles. The third-order valence-electron chi connectivity index (χ3n) is 3.81.